The molecule has 0 bridgehead atoms. The van der Waals surface area contributed by atoms with E-state index in [0.717, 1.165) is 4.90 Å². The van der Waals surface area contributed by atoms with E-state index in [4.69, 9.17) is 5.11 Å². The first-order valence-electron chi connectivity index (χ1n) is 5.40. The van der Waals surface area contributed by atoms with E-state index in [1.54, 1.807) is 13.1 Å². The first kappa shape index (κ1) is 12.2. The van der Waals surface area contributed by atoms with Crippen LogP contribution in [0.1, 0.15) is 13.3 Å². The van der Waals surface area contributed by atoms with E-state index in [0.29, 0.717) is 5.69 Å². The summed E-state index contributed by atoms with van der Waals surface area (Å²) in [4.78, 5) is 13.4. The minimum absolute atomic E-state index is 0.000463. The minimum Gasteiger partial charge on any atom is -0.481 e. The van der Waals surface area contributed by atoms with E-state index in [1.165, 1.54) is 17.8 Å². The van der Waals surface area contributed by atoms with Crippen LogP contribution in [0.5, 0.6) is 0 Å². The van der Waals surface area contributed by atoms with Crippen molar-refractivity contribution in [3.05, 3.63) is 24.0 Å². The number of thioether (sulfide) groups is 1. The molecule has 92 valence electrons. The maximum Gasteiger partial charge on any atom is 0.304 e. The standard InChI is InChI=1S/C12H14FNO2S/c1-7-10(6-11(15)16)17-9-5-3-4-8(13)12(9)14(7)2/h3-5,7,10H,6H2,1-2H3,(H,15,16). The Bertz CT molecular complexity index is 452. The van der Waals surface area contributed by atoms with Crippen LogP contribution in [0.15, 0.2) is 23.1 Å². The number of benzene rings is 1. The van der Waals surface area contributed by atoms with Crippen LogP contribution < -0.4 is 4.90 Å². The number of anilines is 1. The first-order chi connectivity index (χ1) is 8.00. The summed E-state index contributed by atoms with van der Waals surface area (Å²) in [5.41, 5.74) is 0.576. The number of aliphatic carboxylic acids is 1. The number of para-hydroxylation sites is 1. The van der Waals surface area contributed by atoms with Crippen LogP contribution in [0.3, 0.4) is 0 Å². The Morgan fingerprint density at radius 1 is 1.59 bits per heavy atom. The molecular weight excluding hydrogens is 241 g/mol. The molecule has 0 amide bonds. The Balaban J connectivity index is 2.35. The molecule has 0 aromatic heterocycles. The zero-order valence-electron chi connectivity index (χ0n) is 9.68. The van der Waals surface area contributed by atoms with Gasteiger partial charge in [0.05, 0.1) is 12.1 Å². The Morgan fingerprint density at radius 3 is 2.94 bits per heavy atom. The normalized spacial score (nSPS) is 23.4. The molecule has 17 heavy (non-hydrogen) atoms. The summed E-state index contributed by atoms with van der Waals surface area (Å²) >= 11 is 1.45. The number of nitrogens with zero attached hydrogens (tertiary/aromatic N) is 1. The molecule has 0 saturated carbocycles. The third kappa shape index (κ3) is 2.24. The Hall–Kier alpha value is -1.23. The van der Waals surface area contributed by atoms with Crippen LogP contribution in [0, 0.1) is 5.82 Å². The van der Waals surface area contributed by atoms with Gasteiger partial charge in [0.1, 0.15) is 5.82 Å². The van der Waals surface area contributed by atoms with Gasteiger partial charge in [0.2, 0.25) is 0 Å². The highest BCUT2D eigenvalue weighted by atomic mass is 32.2. The third-order valence-corrected chi connectivity index (χ3v) is 4.55. The van der Waals surface area contributed by atoms with Crippen LogP contribution >= 0.6 is 11.8 Å². The van der Waals surface area contributed by atoms with E-state index in [2.05, 4.69) is 0 Å². The maximum atomic E-state index is 13.7. The average Bonchev–Trinajstić information content (AvgIpc) is 2.24. The molecule has 0 radical (unpaired) electrons. The van der Waals surface area contributed by atoms with Gasteiger partial charge >= 0.3 is 5.97 Å². The fourth-order valence-corrected chi connectivity index (χ4v) is 3.47. The number of rotatable bonds is 2. The van der Waals surface area contributed by atoms with E-state index >= 15 is 0 Å². The second kappa shape index (κ2) is 4.56. The highest BCUT2D eigenvalue weighted by molar-refractivity contribution is 8.00. The number of carboxylic acids is 1. The molecule has 1 aliphatic rings. The number of halogens is 1. The smallest absolute Gasteiger partial charge is 0.304 e. The van der Waals surface area contributed by atoms with Gasteiger partial charge in [-0.3, -0.25) is 4.79 Å². The third-order valence-electron chi connectivity index (χ3n) is 3.11. The van der Waals surface area contributed by atoms with Crippen LogP contribution in [-0.4, -0.2) is 29.4 Å². The Kier molecular flexibility index (Phi) is 3.28. The molecule has 3 nitrogen and oxygen atoms in total. The van der Waals surface area contributed by atoms with Crippen molar-refractivity contribution >= 4 is 23.4 Å². The van der Waals surface area contributed by atoms with Crippen molar-refractivity contribution in [1.29, 1.82) is 0 Å². The molecule has 2 unspecified atom stereocenters. The molecule has 1 heterocycles. The van der Waals surface area contributed by atoms with Gasteiger partial charge in [-0.1, -0.05) is 6.07 Å². The second-order valence-electron chi connectivity index (χ2n) is 4.19. The van der Waals surface area contributed by atoms with E-state index in [9.17, 15) is 9.18 Å². The van der Waals surface area contributed by atoms with Gasteiger partial charge in [0.25, 0.3) is 0 Å². The molecule has 0 saturated heterocycles. The molecule has 2 atom stereocenters. The van der Waals surface area contributed by atoms with Crippen molar-refractivity contribution in [2.75, 3.05) is 11.9 Å². The molecule has 0 aliphatic carbocycles. The molecule has 5 heteroatoms. The predicted octanol–water partition coefficient (Wildman–Crippen LogP) is 2.60. The van der Waals surface area contributed by atoms with Gasteiger partial charge in [0.15, 0.2) is 0 Å². The quantitative estimate of drug-likeness (QED) is 0.882. The van der Waals surface area contributed by atoms with Gasteiger partial charge in [-0.05, 0) is 19.1 Å². The SMILES string of the molecule is CC1C(CC(=O)O)Sc2cccc(F)c2N1C. The largest absolute Gasteiger partial charge is 0.481 e. The van der Waals surface area contributed by atoms with Crippen molar-refractivity contribution in [2.45, 2.75) is 29.5 Å². The van der Waals surface area contributed by atoms with E-state index in [1.807, 2.05) is 17.9 Å². The lowest BCUT2D eigenvalue weighted by atomic mass is 10.1. The van der Waals surface area contributed by atoms with Gasteiger partial charge in [-0.15, -0.1) is 11.8 Å². The summed E-state index contributed by atoms with van der Waals surface area (Å²) in [6, 6.07) is 4.92. The van der Waals surface area contributed by atoms with E-state index in [-0.39, 0.29) is 23.5 Å². The average molecular weight is 255 g/mol. The van der Waals surface area contributed by atoms with Crippen LogP contribution in [0.25, 0.3) is 0 Å². The molecule has 2 rings (SSSR count). The minimum atomic E-state index is -0.817. The fraction of sp³-hybridized carbons (Fsp3) is 0.417. The lowest BCUT2D eigenvalue weighted by Crippen LogP contribution is -2.42. The molecule has 1 aromatic carbocycles. The highest BCUT2D eigenvalue weighted by Crippen LogP contribution is 2.43. The summed E-state index contributed by atoms with van der Waals surface area (Å²) in [6.07, 6.45) is 0.0894. The van der Waals surface area contributed by atoms with Gasteiger partial charge in [-0.25, -0.2) is 4.39 Å². The molecule has 1 N–H and O–H groups in total. The van der Waals surface area contributed by atoms with Crippen LogP contribution in [-0.2, 0) is 4.79 Å². The number of fused-ring (bicyclic) bond motifs is 1. The summed E-state index contributed by atoms with van der Waals surface area (Å²) in [5, 5.41) is 8.82. The summed E-state index contributed by atoms with van der Waals surface area (Å²) in [7, 11) is 1.81. The lowest BCUT2D eigenvalue weighted by Gasteiger charge is -2.38. The Labute approximate surface area is 104 Å². The molecule has 0 fully saturated rings. The van der Waals surface area contributed by atoms with Crippen LogP contribution in [0.4, 0.5) is 10.1 Å². The zero-order valence-corrected chi connectivity index (χ0v) is 10.5. The maximum absolute atomic E-state index is 13.7. The second-order valence-corrected chi connectivity index (χ2v) is 5.47. The van der Waals surface area contributed by atoms with Gasteiger partial charge in [-0.2, -0.15) is 0 Å². The highest BCUT2D eigenvalue weighted by Gasteiger charge is 2.32. The molecule has 1 aromatic rings. The van der Waals surface area contributed by atoms with Crippen molar-refractivity contribution in [2.24, 2.45) is 0 Å². The zero-order chi connectivity index (χ0) is 12.6. The summed E-state index contributed by atoms with van der Waals surface area (Å²) < 4.78 is 13.7. The summed E-state index contributed by atoms with van der Waals surface area (Å²) in [5.74, 6) is -1.07. The fourth-order valence-electron chi connectivity index (χ4n) is 2.03. The van der Waals surface area contributed by atoms with Crippen molar-refractivity contribution in [3.63, 3.8) is 0 Å². The summed E-state index contributed by atoms with van der Waals surface area (Å²) in [6.45, 7) is 1.93. The number of hydrogen-bond donors (Lipinski definition) is 1. The van der Waals surface area contributed by atoms with Crippen molar-refractivity contribution in [1.82, 2.24) is 0 Å². The van der Waals surface area contributed by atoms with Gasteiger partial charge in [0, 0.05) is 23.2 Å². The molecule has 0 spiro atoms. The Morgan fingerprint density at radius 2 is 2.29 bits per heavy atom. The predicted molar refractivity (Wildman–Crippen MR) is 66.2 cm³/mol. The van der Waals surface area contributed by atoms with Gasteiger partial charge < -0.3 is 10.0 Å². The first-order valence-corrected chi connectivity index (χ1v) is 6.28. The molecule has 1 aliphatic heterocycles. The topological polar surface area (TPSA) is 40.5 Å². The number of carboxylic acid groups (broad SMARTS) is 1. The van der Waals surface area contributed by atoms with Crippen molar-refractivity contribution in [3.8, 4) is 0 Å². The molecular formula is C12H14FNO2S. The lowest BCUT2D eigenvalue weighted by molar-refractivity contribution is -0.137. The monoisotopic (exact) mass is 255 g/mol. The van der Waals surface area contributed by atoms with Crippen molar-refractivity contribution < 1.29 is 14.3 Å². The van der Waals surface area contributed by atoms with E-state index < -0.39 is 5.97 Å². The number of carbonyl (C=O) groups is 1. The van der Waals surface area contributed by atoms with Crippen LogP contribution in [0.2, 0.25) is 0 Å². The number of hydrogen-bond acceptors (Lipinski definition) is 3.